The SMILES string of the molecule is CC(C)CC(=O)n1cc(-c2ccc(C[C@@H](C#N)CC(=O)[C@@H]3[C@H]4CC[C@H](C4)N3C(=O)OC(C)(C)C)c(F)c2)cn1. The number of fused-ring (bicyclic) bond motifs is 2. The minimum atomic E-state index is -0.728. The Hall–Kier alpha value is -3.54. The number of Topliss-reactive ketones (excluding diaryl/α,β-unsaturated/α-hetero) is 1. The van der Waals surface area contributed by atoms with Crippen LogP contribution in [-0.2, 0) is 16.0 Å². The molecule has 1 saturated heterocycles. The highest BCUT2D eigenvalue weighted by Gasteiger charge is 2.52. The topological polar surface area (TPSA) is 105 Å². The molecule has 0 unspecified atom stereocenters. The fourth-order valence-electron chi connectivity index (χ4n) is 5.72. The maximum absolute atomic E-state index is 15.1. The summed E-state index contributed by atoms with van der Waals surface area (Å²) in [4.78, 5) is 40.1. The predicted molar refractivity (Wildman–Crippen MR) is 143 cm³/mol. The van der Waals surface area contributed by atoms with Gasteiger partial charge in [-0.15, -0.1) is 0 Å². The van der Waals surface area contributed by atoms with Crippen LogP contribution in [0.15, 0.2) is 30.6 Å². The van der Waals surface area contributed by atoms with Crippen LogP contribution in [0.25, 0.3) is 11.1 Å². The third-order valence-electron chi connectivity index (χ3n) is 7.42. The van der Waals surface area contributed by atoms with Crippen molar-refractivity contribution in [2.45, 2.75) is 90.8 Å². The fourth-order valence-corrected chi connectivity index (χ4v) is 5.72. The number of benzene rings is 1. The van der Waals surface area contributed by atoms with Crippen LogP contribution in [0.5, 0.6) is 0 Å². The molecule has 39 heavy (non-hydrogen) atoms. The lowest BCUT2D eigenvalue weighted by molar-refractivity contribution is -0.126. The van der Waals surface area contributed by atoms with Gasteiger partial charge in [0.05, 0.1) is 24.2 Å². The second kappa shape index (κ2) is 11.3. The predicted octanol–water partition coefficient (Wildman–Crippen LogP) is 5.80. The molecule has 0 radical (unpaired) electrons. The van der Waals surface area contributed by atoms with Crippen LogP contribution >= 0.6 is 0 Å². The number of aromatic nitrogens is 2. The van der Waals surface area contributed by atoms with Gasteiger partial charge in [0.2, 0.25) is 5.91 Å². The molecule has 1 saturated carbocycles. The zero-order valence-electron chi connectivity index (χ0n) is 23.3. The van der Waals surface area contributed by atoms with E-state index in [-0.39, 0.29) is 42.4 Å². The van der Waals surface area contributed by atoms with Gasteiger partial charge < -0.3 is 4.74 Å². The molecule has 2 aliphatic rings. The van der Waals surface area contributed by atoms with Crippen molar-refractivity contribution in [1.29, 1.82) is 5.26 Å². The van der Waals surface area contributed by atoms with Crippen LogP contribution in [0.1, 0.15) is 77.1 Å². The van der Waals surface area contributed by atoms with Gasteiger partial charge >= 0.3 is 6.09 Å². The van der Waals surface area contributed by atoms with Crippen LogP contribution in [-0.4, -0.2) is 50.1 Å². The second-order valence-corrected chi connectivity index (χ2v) is 12.2. The molecule has 1 amide bonds. The summed E-state index contributed by atoms with van der Waals surface area (Å²) in [6, 6.07) is 6.24. The number of likely N-dealkylation sites (tertiary alicyclic amines) is 1. The van der Waals surface area contributed by atoms with Gasteiger partial charge in [0.25, 0.3) is 0 Å². The first-order valence-electron chi connectivity index (χ1n) is 13.7. The van der Waals surface area contributed by atoms with E-state index in [0.29, 0.717) is 23.1 Å². The number of ketones is 1. The highest BCUT2D eigenvalue weighted by Crippen LogP contribution is 2.44. The van der Waals surface area contributed by atoms with E-state index < -0.39 is 29.5 Å². The average Bonchev–Trinajstić information content (AvgIpc) is 3.59. The van der Waals surface area contributed by atoms with Crippen molar-refractivity contribution >= 4 is 17.8 Å². The number of carbonyl (C=O) groups excluding carboxylic acids is 3. The monoisotopic (exact) mass is 536 g/mol. The van der Waals surface area contributed by atoms with Crippen molar-refractivity contribution in [2.24, 2.45) is 17.8 Å². The van der Waals surface area contributed by atoms with E-state index in [1.807, 2.05) is 13.8 Å². The maximum Gasteiger partial charge on any atom is 0.411 e. The zero-order chi connectivity index (χ0) is 28.5. The third kappa shape index (κ3) is 6.55. The standard InChI is InChI=1S/C30H37FN4O4/c1-18(2)10-27(37)34-17-23(16-33-34)20-6-7-21(25(31)14-20)11-19(15-32)12-26(36)28-22-8-9-24(13-22)35(28)29(38)39-30(3,4)5/h6-7,14,16-19,22,24,28H,8-13H2,1-5H3/t19-,22+,24-,28+/m1/s1. The van der Waals surface area contributed by atoms with Gasteiger partial charge in [0, 0.05) is 30.6 Å². The Kier molecular flexibility index (Phi) is 8.24. The van der Waals surface area contributed by atoms with E-state index >= 15 is 4.39 Å². The number of nitrogens with zero attached hydrogens (tertiary/aromatic N) is 4. The molecule has 4 atom stereocenters. The molecule has 1 aromatic heterocycles. The number of hydrogen-bond acceptors (Lipinski definition) is 6. The van der Waals surface area contributed by atoms with E-state index in [2.05, 4.69) is 11.2 Å². The molecule has 1 aliphatic heterocycles. The van der Waals surface area contributed by atoms with E-state index in [0.717, 1.165) is 19.3 Å². The van der Waals surface area contributed by atoms with E-state index in [4.69, 9.17) is 4.74 Å². The molecule has 2 aromatic rings. The number of amides is 1. The molecular formula is C30H37FN4O4. The van der Waals surface area contributed by atoms with Crippen LogP contribution in [0.4, 0.5) is 9.18 Å². The summed E-state index contributed by atoms with van der Waals surface area (Å²) in [7, 11) is 0. The highest BCUT2D eigenvalue weighted by atomic mass is 19.1. The van der Waals surface area contributed by atoms with Crippen molar-refractivity contribution in [1.82, 2.24) is 14.7 Å². The molecule has 208 valence electrons. The van der Waals surface area contributed by atoms with Crippen molar-refractivity contribution in [3.8, 4) is 17.2 Å². The molecule has 0 N–H and O–H groups in total. The molecule has 2 heterocycles. The summed E-state index contributed by atoms with van der Waals surface area (Å²) in [5.74, 6) is -1.25. The van der Waals surface area contributed by atoms with Crippen molar-refractivity contribution < 1.29 is 23.5 Å². The molecule has 2 bridgehead atoms. The van der Waals surface area contributed by atoms with Crippen LogP contribution in [0, 0.1) is 34.9 Å². The number of ether oxygens (including phenoxy) is 1. The van der Waals surface area contributed by atoms with Gasteiger partial charge in [0.15, 0.2) is 5.78 Å². The van der Waals surface area contributed by atoms with Gasteiger partial charge in [-0.3, -0.25) is 14.5 Å². The summed E-state index contributed by atoms with van der Waals surface area (Å²) in [6.07, 6.45) is 5.48. The van der Waals surface area contributed by atoms with Crippen LogP contribution in [0.2, 0.25) is 0 Å². The number of halogens is 1. The second-order valence-electron chi connectivity index (χ2n) is 12.2. The largest absolute Gasteiger partial charge is 0.444 e. The number of carbonyl (C=O) groups is 3. The minimum absolute atomic E-state index is 0.0191. The van der Waals surface area contributed by atoms with Crippen LogP contribution < -0.4 is 0 Å². The molecule has 9 heteroatoms. The van der Waals surface area contributed by atoms with Gasteiger partial charge in [-0.1, -0.05) is 26.0 Å². The molecule has 1 aliphatic carbocycles. The molecule has 8 nitrogen and oxygen atoms in total. The van der Waals surface area contributed by atoms with E-state index in [9.17, 15) is 19.6 Å². The number of hydrogen-bond donors (Lipinski definition) is 0. The van der Waals surface area contributed by atoms with E-state index in [1.54, 1.807) is 44.0 Å². The molecule has 4 rings (SSSR count). The Bertz CT molecular complexity index is 1290. The maximum atomic E-state index is 15.1. The smallest absolute Gasteiger partial charge is 0.411 e. The van der Waals surface area contributed by atoms with Gasteiger partial charge in [-0.05, 0) is 75.5 Å². The lowest BCUT2D eigenvalue weighted by Crippen LogP contribution is -2.51. The minimum Gasteiger partial charge on any atom is -0.444 e. The average molecular weight is 537 g/mol. The molecule has 1 aromatic carbocycles. The summed E-state index contributed by atoms with van der Waals surface area (Å²) >= 11 is 0. The Balaban J connectivity index is 1.43. The first-order chi connectivity index (χ1) is 18.4. The zero-order valence-corrected chi connectivity index (χ0v) is 23.3. The summed E-state index contributed by atoms with van der Waals surface area (Å²) in [6.45, 7) is 9.28. The number of rotatable bonds is 8. The normalized spacial score (nSPS) is 21.2. The van der Waals surface area contributed by atoms with Gasteiger partial charge in [-0.25, -0.2) is 13.9 Å². The number of nitriles is 1. The Morgan fingerprint density at radius 2 is 1.92 bits per heavy atom. The van der Waals surface area contributed by atoms with Crippen LogP contribution in [0.3, 0.4) is 0 Å². The molecular weight excluding hydrogens is 499 g/mol. The first kappa shape index (κ1) is 28.5. The lowest BCUT2D eigenvalue weighted by Gasteiger charge is -2.35. The number of piperidine rings is 1. The third-order valence-corrected chi connectivity index (χ3v) is 7.42. The summed E-state index contributed by atoms with van der Waals surface area (Å²) in [5, 5.41) is 13.9. The first-order valence-corrected chi connectivity index (χ1v) is 13.7. The van der Waals surface area contributed by atoms with Crippen molar-refractivity contribution in [3.63, 3.8) is 0 Å². The van der Waals surface area contributed by atoms with Crippen molar-refractivity contribution in [2.75, 3.05) is 0 Å². The van der Waals surface area contributed by atoms with Crippen molar-refractivity contribution in [3.05, 3.63) is 42.0 Å². The Morgan fingerprint density at radius 1 is 1.18 bits per heavy atom. The van der Waals surface area contributed by atoms with Gasteiger partial charge in [-0.2, -0.15) is 10.4 Å². The Labute approximate surface area is 229 Å². The molecule has 2 fully saturated rings. The summed E-state index contributed by atoms with van der Waals surface area (Å²) < 4.78 is 21.9. The lowest BCUT2D eigenvalue weighted by atomic mass is 9.87. The quantitative estimate of drug-likeness (QED) is 0.422. The van der Waals surface area contributed by atoms with E-state index in [1.165, 1.54) is 16.9 Å². The molecule has 0 spiro atoms. The van der Waals surface area contributed by atoms with Gasteiger partial charge in [0.1, 0.15) is 11.4 Å². The summed E-state index contributed by atoms with van der Waals surface area (Å²) in [5.41, 5.74) is 0.842. The fraction of sp³-hybridized carbons (Fsp3) is 0.567. The highest BCUT2D eigenvalue weighted by molar-refractivity contribution is 5.89. The Morgan fingerprint density at radius 3 is 2.56 bits per heavy atom.